The average molecular weight is 256 g/mol. The van der Waals surface area contributed by atoms with E-state index in [2.05, 4.69) is 37.7 Å². The lowest BCUT2D eigenvalue weighted by Gasteiger charge is -2.41. The van der Waals surface area contributed by atoms with Crippen molar-refractivity contribution in [1.29, 1.82) is 0 Å². The third-order valence-corrected chi connectivity index (χ3v) is 4.37. The first-order valence-corrected chi connectivity index (χ1v) is 6.46. The van der Waals surface area contributed by atoms with Crippen molar-refractivity contribution < 1.29 is 0 Å². The van der Waals surface area contributed by atoms with Crippen LogP contribution in [0, 0.1) is 0 Å². The van der Waals surface area contributed by atoms with Crippen LogP contribution >= 0.6 is 0 Å². The molecule has 0 fully saturated rings. The van der Waals surface area contributed by atoms with E-state index in [1.807, 2.05) is 30.5 Å². The number of nitrogens with one attached hydrogen (secondary N) is 1. The maximum atomic E-state index is 11.2. The minimum atomic E-state index is -0.147. The van der Waals surface area contributed by atoms with Crippen LogP contribution in [-0.2, 0) is 10.8 Å². The molecule has 0 atom stereocenters. The molecule has 0 aromatic carbocycles. The summed E-state index contributed by atoms with van der Waals surface area (Å²) >= 11 is 0. The Kier molecular flexibility index (Phi) is 3.31. The molecule has 100 valence electrons. The Hall–Kier alpha value is -1.90. The molecule has 1 N–H and O–H groups in total. The predicted molar refractivity (Wildman–Crippen MR) is 77.4 cm³/mol. The van der Waals surface area contributed by atoms with Crippen LogP contribution in [0.25, 0.3) is 0 Å². The largest absolute Gasteiger partial charge is 0.329 e. The van der Waals surface area contributed by atoms with Crippen LogP contribution in [-0.4, -0.2) is 9.97 Å². The molecule has 2 heterocycles. The van der Waals surface area contributed by atoms with Crippen LogP contribution in [0.3, 0.4) is 0 Å². The smallest absolute Gasteiger partial charge is 0.247 e. The molecule has 2 aromatic heterocycles. The topological polar surface area (TPSA) is 45.8 Å². The zero-order chi connectivity index (χ0) is 14.1. The second kappa shape index (κ2) is 4.65. The molecule has 0 bridgehead atoms. The second-order valence-corrected chi connectivity index (χ2v) is 5.91. The third-order valence-electron chi connectivity index (χ3n) is 4.37. The Labute approximate surface area is 113 Å². The molecule has 0 radical (unpaired) electrons. The van der Waals surface area contributed by atoms with Gasteiger partial charge in [-0.15, -0.1) is 0 Å². The first-order chi connectivity index (χ1) is 8.85. The van der Waals surface area contributed by atoms with Crippen molar-refractivity contribution in [3.63, 3.8) is 0 Å². The minimum Gasteiger partial charge on any atom is -0.329 e. The molecule has 0 aliphatic heterocycles. The number of hydrogen-bond donors (Lipinski definition) is 1. The maximum Gasteiger partial charge on any atom is 0.247 e. The monoisotopic (exact) mass is 256 g/mol. The van der Waals surface area contributed by atoms with E-state index in [9.17, 15) is 4.79 Å². The molecule has 3 heteroatoms. The Balaban J connectivity index is 2.49. The van der Waals surface area contributed by atoms with Gasteiger partial charge in [-0.2, -0.15) is 0 Å². The number of nitrogens with zero attached hydrogens (tertiary/aromatic N) is 1. The number of rotatable bonds is 3. The van der Waals surface area contributed by atoms with Crippen molar-refractivity contribution in [2.75, 3.05) is 0 Å². The molecule has 3 nitrogen and oxygen atoms in total. The minimum absolute atomic E-state index is 0.0739. The van der Waals surface area contributed by atoms with E-state index < -0.39 is 0 Å². The fourth-order valence-electron chi connectivity index (χ4n) is 2.21. The molecular formula is C16H20N2O. The molecule has 0 saturated heterocycles. The summed E-state index contributed by atoms with van der Waals surface area (Å²) in [5, 5.41) is 0. The first-order valence-electron chi connectivity index (χ1n) is 6.46. The Morgan fingerprint density at radius 1 is 1.00 bits per heavy atom. The Bertz CT molecular complexity index is 592. The van der Waals surface area contributed by atoms with Gasteiger partial charge in [-0.1, -0.05) is 39.8 Å². The zero-order valence-electron chi connectivity index (χ0n) is 11.9. The van der Waals surface area contributed by atoms with Gasteiger partial charge in [-0.25, -0.2) is 0 Å². The summed E-state index contributed by atoms with van der Waals surface area (Å²) in [7, 11) is 0. The van der Waals surface area contributed by atoms with Gasteiger partial charge in [0.25, 0.3) is 0 Å². The molecule has 0 saturated carbocycles. The highest BCUT2D eigenvalue weighted by Gasteiger charge is 2.40. The lowest BCUT2D eigenvalue weighted by Crippen LogP contribution is -2.41. The van der Waals surface area contributed by atoms with Crippen LogP contribution in [0.15, 0.2) is 47.5 Å². The molecular weight excluding hydrogens is 236 g/mol. The van der Waals surface area contributed by atoms with Crippen LogP contribution in [0.5, 0.6) is 0 Å². The highest BCUT2D eigenvalue weighted by Crippen LogP contribution is 2.42. The lowest BCUT2D eigenvalue weighted by atomic mass is 9.63. The summed E-state index contributed by atoms with van der Waals surface area (Å²) in [4.78, 5) is 18.4. The third kappa shape index (κ3) is 2.33. The van der Waals surface area contributed by atoms with Crippen molar-refractivity contribution >= 4 is 0 Å². The Morgan fingerprint density at radius 3 is 2.26 bits per heavy atom. The fourth-order valence-corrected chi connectivity index (χ4v) is 2.21. The highest BCUT2D eigenvalue weighted by atomic mass is 16.1. The molecule has 0 aliphatic rings. The summed E-state index contributed by atoms with van der Waals surface area (Å²) in [6.07, 6.45) is 3.62. The van der Waals surface area contributed by atoms with Crippen LogP contribution in [0.2, 0.25) is 0 Å². The van der Waals surface area contributed by atoms with Crippen molar-refractivity contribution in [3.05, 3.63) is 64.3 Å². The average Bonchev–Trinajstić information content (AvgIpc) is 2.40. The van der Waals surface area contributed by atoms with Crippen LogP contribution < -0.4 is 5.56 Å². The number of pyridine rings is 2. The standard InChI is InChI=1S/C16H20N2O/c1-15(2,12-8-9-14(19)18-11-12)16(3,4)13-7-5-6-10-17-13/h5-11H,1-4H3,(H,18,19). The molecule has 19 heavy (non-hydrogen) atoms. The molecule has 0 unspecified atom stereocenters. The second-order valence-electron chi connectivity index (χ2n) is 5.91. The maximum absolute atomic E-state index is 11.2. The zero-order valence-corrected chi connectivity index (χ0v) is 11.9. The van der Waals surface area contributed by atoms with E-state index >= 15 is 0 Å². The fraction of sp³-hybridized carbons (Fsp3) is 0.375. The van der Waals surface area contributed by atoms with Gasteiger partial charge in [0.05, 0.1) is 0 Å². The van der Waals surface area contributed by atoms with E-state index in [0.29, 0.717) is 0 Å². The van der Waals surface area contributed by atoms with Crippen LogP contribution in [0.4, 0.5) is 0 Å². The molecule has 2 rings (SSSR count). The van der Waals surface area contributed by atoms with Crippen molar-refractivity contribution in [1.82, 2.24) is 9.97 Å². The van der Waals surface area contributed by atoms with E-state index in [-0.39, 0.29) is 16.4 Å². The van der Waals surface area contributed by atoms with Gasteiger partial charge in [0, 0.05) is 35.0 Å². The molecule has 2 aromatic rings. The van der Waals surface area contributed by atoms with Gasteiger partial charge in [0.1, 0.15) is 0 Å². The van der Waals surface area contributed by atoms with Crippen LogP contribution in [0.1, 0.15) is 39.0 Å². The SMILES string of the molecule is CC(C)(c1ccc(=O)[nH]c1)C(C)(C)c1ccccn1. The van der Waals surface area contributed by atoms with Crippen molar-refractivity contribution in [3.8, 4) is 0 Å². The molecule has 0 amide bonds. The quantitative estimate of drug-likeness (QED) is 0.917. The van der Waals surface area contributed by atoms with E-state index in [0.717, 1.165) is 11.3 Å². The van der Waals surface area contributed by atoms with Crippen molar-refractivity contribution in [2.24, 2.45) is 0 Å². The molecule has 0 spiro atoms. The molecule has 0 aliphatic carbocycles. The van der Waals surface area contributed by atoms with Gasteiger partial charge in [-0.05, 0) is 17.7 Å². The summed E-state index contributed by atoms with van der Waals surface area (Å²) in [6, 6.07) is 9.45. The van der Waals surface area contributed by atoms with Gasteiger partial charge in [0.15, 0.2) is 0 Å². The summed E-state index contributed by atoms with van der Waals surface area (Å²) < 4.78 is 0. The predicted octanol–water partition coefficient (Wildman–Crippen LogP) is 3.03. The summed E-state index contributed by atoms with van der Waals surface area (Å²) in [6.45, 7) is 8.71. The number of aromatic nitrogens is 2. The van der Waals surface area contributed by atoms with E-state index in [1.54, 1.807) is 12.3 Å². The van der Waals surface area contributed by atoms with Gasteiger partial charge in [0.2, 0.25) is 5.56 Å². The Morgan fingerprint density at radius 2 is 1.74 bits per heavy atom. The van der Waals surface area contributed by atoms with Gasteiger partial charge >= 0.3 is 0 Å². The van der Waals surface area contributed by atoms with E-state index in [4.69, 9.17) is 0 Å². The summed E-state index contributed by atoms with van der Waals surface area (Å²) in [5.74, 6) is 0. The number of aromatic amines is 1. The summed E-state index contributed by atoms with van der Waals surface area (Å²) in [5.41, 5.74) is 1.78. The number of H-pyrrole nitrogens is 1. The lowest BCUT2D eigenvalue weighted by molar-refractivity contribution is 0.294. The highest BCUT2D eigenvalue weighted by molar-refractivity contribution is 5.31. The normalized spacial score (nSPS) is 12.4. The number of hydrogen-bond acceptors (Lipinski definition) is 2. The van der Waals surface area contributed by atoms with Gasteiger partial charge in [-0.3, -0.25) is 9.78 Å². The van der Waals surface area contributed by atoms with Gasteiger partial charge < -0.3 is 4.98 Å². The van der Waals surface area contributed by atoms with Crippen molar-refractivity contribution in [2.45, 2.75) is 38.5 Å². The van der Waals surface area contributed by atoms with E-state index in [1.165, 1.54) is 0 Å². The first kappa shape index (κ1) is 13.5.